The van der Waals surface area contributed by atoms with Crippen molar-refractivity contribution in [2.24, 2.45) is 0 Å². The van der Waals surface area contributed by atoms with Crippen molar-refractivity contribution in [2.75, 3.05) is 0 Å². The van der Waals surface area contributed by atoms with Gasteiger partial charge in [0.15, 0.2) is 0 Å². The molecule has 0 aliphatic heterocycles. The van der Waals surface area contributed by atoms with Crippen molar-refractivity contribution in [1.82, 2.24) is 9.97 Å². The first kappa shape index (κ1) is 9.86. The topological polar surface area (TPSA) is 28.7 Å². The van der Waals surface area contributed by atoms with Crippen LogP contribution in [0.4, 0.5) is 0 Å². The maximum atomic E-state index is 5.05. The van der Waals surface area contributed by atoms with Gasteiger partial charge in [-0.25, -0.2) is 4.98 Å². The largest absolute Gasteiger partial charge is 0.334 e. The molecule has 0 bridgehead atoms. The van der Waals surface area contributed by atoms with E-state index in [1.54, 1.807) is 6.20 Å². The fourth-order valence-corrected chi connectivity index (χ4v) is 1.26. The Kier molecular flexibility index (Phi) is 3.88. The highest BCUT2D eigenvalue weighted by Gasteiger charge is 1.95. The van der Waals surface area contributed by atoms with Crippen LogP contribution in [0.25, 0.3) is 0 Å². The summed E-state index contributed by atoms with van der Waals surface area (Å²) in [4.78, 5) is 7.27. The molecule has 0 saturated heterocycles. The lowest BCUT2D eigenvalue weighted by Gasteiger charge is -1.99. The smallest absolute Gasteiger partial charge is 0.120 e. The van der Waals surface area contributed by atoms with E-state index in [9.17, 15) is 0 Å². The van der Waals surface area contributed by atoms with Crippen molar-refractivity contribution in [1.29, 1.82) is 0 Å². The minimum absolute atomic E-state index is 0.733. The van der Waals surface area contributed by atoms with Gasteiger partial charge in [0.1, 0.15) is 10.5 Å². The van der Waals surface area contributed by atoms with Crippen molar-refractivity contribution in [3.05, 3.63) is 21.1 Å². The van der Waals surface area contributed by atoms with E-state index in [1.165, 1.54) is 6.42 Å². The van der Waals surface area contributed by atoms with E-state index in [4.69, 9.17) is 12.2 Å². The Morgan fingerprint density at radius 1 is 1.67 bits per heavy atom. The van der Waals surface area contributed by atoms with Gasteiger partial charge in [0.25, 0.3) is 0 Å². The van der Waals surface area contributed by atoms with Crippen LogP contribution < -0.4 is 0 Å². The van der Waals surface area contributed by atoms with Gasteiger partial charge in [0.2, 0.25) is 0 Å². The van der Waals surface area contributed by atoms with Gasteiger partial charge in [-0.15, -0.1) is 0 Å². The fraction of sp³-hybridized carbons (Fsp3) is 0.500. The number of H-pyrrole nitrogens is 1. The number of aromatic amines is 1. The summed E-state index contributed by atoms with van der Waals surface area (Å²) in [6, 6.07) is 0. The van der Waals surface area contributed by atoms with Crippen molar-refractivity contribution < 1.29 is 0 Å². The van der Waals surface area contributed by atoms with Crippen molar-refractivity contribution >= 4 is 28.1 Å². The van der Waals surface area contributed by atoms with Crippen LogP contribution in [0, 0.1) is 4.64 Å². The number of aromatic nitrogens is 2. The molecule has 0 atom stereocenters. The summed E-state index contributed by atoms with van der Waals surface area (Å²) in [5.41, 5.74) is 0. The Bertz CT molecular complexity index is 308. The third-order valence-electron chi connectivity index (χ3n) is 1.58. The Hall–Kier alpha value is -0.220. The molecule has 1 rings (SSSR count). The lowest BCUT2D eigenvalue weighted by Crippen LogP contribution is -1.94. The van der Waals surface area contributed by atoms with Gasteiger partial charge >= 0.3 is 0 Å². The highest BCUT2D eigenvalue weighted by atomic mass is 79.9. The molecular weight excluding hydrogens is 236 g/mol. The van der Waals surface area contributed by atoms with Gasteiger partial charge in [0.05, 0.1) is 4.47 Å². The molecule has 1 heterocycles. The van der Waals surface area contributed by atoms with E-state index in [0.717, 1.165) is 27.8 Å². The van der Waals surface area contributed by atoms with Crippen LogP contribution in [-0.4, -0.2) is 9.97 Å². The maximum Gasteiger partial charge on any atom is 0.120 e. The summed E-state index contributed by atoms with van der Waals surface area (Å²) < 4.78 is 1.59. The van der Waals surface area contributed by atoms with Crippen molar-refractivity contribution in [3.63, 3.8) is 0 Å². The van der Waals surface area contributed by atoms with E-state index < -0.39 is 0 Å². The summed E-state index contributed by atoms with van der Waals surface area (Å²) in [5.74, 6) is 0.977. The molecule has 1 N–H and O–H groups in total. The molecule has 2 nitrogen and oxygen atoms in total. The van der Waals surface area contributed by atoms with Crippen LogP contribution in [-0.2, 0) is 6.42 Å². The second kappa shape index (κ2) is 4.72. The summed E-state index contributed by atoms with van der Waals surface area (Å²) >= 11 is 8.35. The monoisotopic (exact) mass is 246 g/mol. The minimum Gasteiger partial charge on any atom is -0.334 e. The molecule has 0 aliphatic rings. The lowest BCUT2D eigenvalue weighted by atomic mass is 10.2. The quantitative estimate of drug-likeness (QED) is 0.830. The average molecular weight is 247 g/mol. The number of halogens is 1. The summed E-state index contributed by atoms with van der Waals surface area (Å²) in [6.07, 6.45) is 5.06. The summed E-state index contributed by atoms with van der Waals surface area (Å²) in [6.45, 7) is 2.16. The molecule has 0 spiro atoms. The van der Waals surface area contributed by atoms with Gasteiger partial charge < -0.3 is 4.98 Å². The normalized spacial score (nSPS) is 10.2. The molecule has 0 amide bonds. The Labute approximate surface area is 85.6 Å². The standard InChI is InChI=1S/C8H11BrN2S/c1-2-3-4-7-10-5-6(9)8(12)11-7/h5H,2-4H2,1H3,(H,10,11,12). The average Bonchev–Trinajstić information content (AvgIpc) is 2.07. The van der Waals surface area contributed by atoms with Gasteiger partial charge in [-0.3, -0.25) is 0 Å². The van der Waals surface area contributed by atoms with Gasteiger partial charge in [-0.2, -0.15) is 0 Å². The molecule has 0 radical (unpaired) electrons. The number of nitrogens with one attached hydrogen (secondary N) is 1. The molecule has 12 heavy (non-hydrogen) atoms. The van der Waals surface area contributed by atoms with E-state index >= 15 is 0 Å². The van der Waals surface area contributed by atoms with Crippen LogP contribution in [0.5, 0.6) is 0 Å². The van der Waals surface area contributed by atoms with E-state index in [1.807, 2.05) is 0 Å². The highest BCUT2D eigenvalue weighted by Crippen LogP contribution is 2.08. The number of rotatable bonds is 3. The molecule has 0 aliphatic carbocycles. The fourth-order valence-electron chi connectivity index (χ4n) is 0.888. The second-order valence-electron chi connectivity index (χ2n) is 2.61. The zero-order valence-corrected chi connectivity index (χ0v) is 9.33. The van der Waals surface area contributed by atoms with Crippen molar-refractivity contribution in [2.45, 2.75) is 26.2 Å². The number of nitrogens with zero attached hydrogens (tertiary/aromatic N) is 1. The van der Waals surface area contributed by atoms with Gasteiger partial charge in [0, 0.05) is 12.6 Å². The minimum atomic E-state index is 0.733. The molecule has 1 aromatic rings. The predicted octanol–water partition coefficient (Wildman–Crippen LogP) is 3.24. The molecule has 1 aromatic heterocycles. The SMILES string of the molecule is CCCCc1ncc(Br)c(=S)[nH]1. The van der Waals surface area contributed by atoms with Crippen LogP contribution in [0.2, 0.25) is 0 Å². The molecule has 0 unspecified atom stereocenters. The molecular formula is C8H11BrN2S. The molecule has 0 fully saturated rings. The maximum absolute atomic E-state index is 5.05. The third kappa shape index (κ3) is 2.68. The van der Waals surface area contributed by atoms with E-state index in [2.05, 4.69) is 32.8 Å². The first-order chi connectivity index (χ1) is 5.74. The predicted molar refractivity (Wildman–Crippen MR) is 55.7 cm³/mol. The third-order valence-corrected chi connectivity index (χ3v) is 2.76. The summed E-state index contributed by atoms with van der Waals surface area (Å²) in [7, 11) is 0. The second-order valence-corrected chi connectivity index (χ2v) is 3.87. The number of hydrogen-bond acceptors (Lipinski definition) is 2. The van der Waals surface area contributed by atoms with E-state index in [0.29, 0.717) is 0 Å². The number of aryl methyl sites for hydroxylation is 1. The van der Waals surface area contributed by atoms with Crippen LogP contribution >= 0.6 is 28.1 Å². The molecule has 0 aromatic carbocycles. The Morgan fingerprint density at radius 2 is 2.42 bits per heavy atom. The molecule has 4 heteroatoms. The summed E-state index contributed by atoms with van der Waals surface area (Å²) in [5, 5.41) is 0. The van der Waals surface area contributed by atoms with Crippen LogP contribution in [0.1, 0.15) is 25.6 Å². The first-order valence-corrected chi connectivity index (χ1v) is 5.18. The van der Waals surface area contributed by atoms with Crippen LogP contribution in [0.3, 0.4) is 0 Å². The highest BCUT2D eigenvalue weighted by molar-refractivity contribution is 9.10. The Balaban J connectivity index is 2.76. The Morgan fingerprint density at radius 3 is 3.00 bits per heavy atom. The van der Waals surface area contributed by atoms with Gasteiger partial charge in [-0.1, -0.05) is 25.6 Å². The number of unbranched alkanes of at least 4 members (excludes halogenated alkanes) is 1. The van der Waals surface area contributed by atoms with Crippen molar-refractivity contribution in [3.8, 4) is 0 Å². The van der Waals surface area contributed by atoms with E-state index in [-0.39, 0.29) is 0 Å². The number of hydrogen-bond donors (Lipinski definition) is 1. The first-order valence-electron chi connectivity index (χ1n) is 3.97. The lowest BCUT2D eigenvalue weighted by molar-refractivity contribution is 0.749. The molecule has 66 valence electrons. The molecule has 0 saturated carbocycles. The van der Waals surface area contributed by atoms with Gasteiger partial charge in [-0.05, 0) is 22.4 Å². The van der Waals surface area contributed by atoms with Crippen LogP contribution in [0.15, 0.2) is 10.7 Å². The zero-order chi connectivity index (χ0) is 8.97. The zero-order valence-electron chi connectivity index (χ0n) is 6.93.